The monoisotopic (exact) mass is 272 g/mol. The number of halogens is 1. The minimum Gasteiger partial charge on any atom is -0.422 e. The zero-order valence-electron chi connectivity index (χ0n) is 10.5. The summed E-state index contributed by atoms with van der Waals surface area (Å²) in [6.07, 6.45) is 0. The quantitative estimate of drug-likeness (QED) is 0.467. The molecule has 0 aliphatic carbocycles. The van der Waals surface area contributed by atoms with Gasteiger partial charge < -0.3 is 4.74 Å². The van der Waals surface area contributed by atoms with Crippen LogP contribution < -0.4 is 4.74 Å². The van der Waals surface area contributed by atoms with Gasteiger partial charge in [0.05, 0.1) is 5.02 Å². The molecule has 0 spiro atoms. The van der Waals surface area contributed by atoms with E-state index in [2.05, 4.69) is 6.58 Å². The average Bonchev–Trinajstić information content (AvgIpc) is 2.39. The van der Waals surface area contributed by atoms with Crippen LogP contribution in [0.25, 0.3) is 11.1 Å². The lowest BCUT2D eigenvalue weighted by molar-refractivity contribution is -0.130. The maximum Gasteiger partial charge on any atom is 0.338 e. The van der Waals surface area contributed by atoms with E-state index in [1.807, 2.05) is 30.3 Å². The van der Waals surface area contributed by atoms with Crippen LogP contribution in [0.15, 0.2) is 60.7 Å². The van der Waals surface area contributed by atoms with Crippen molar-refractivity contribution in [3.8, 4) is 16.9 Å². The van der Waals surface area contributed by atoms with Crippen molar-refractivity contribution in [1.29, 1.82) is 0 Å². The van der Waals surface area contributed by atoms with Gasteiger partial charge in [0.1, 0.15) is 5.75 Å². The summed E-state index contributed by atoms with van der Waals surface area (Å²) >= 11 is 6.21. The minimum absolute atomic E-state index is 0.346. The number of benzene rings is 2. The van der Waals surface area contributed by atoms with E-state index in [4.69, 9.17) is 16.3 Å². The van der Waals surface area contributed by atoms with Crippen LogP contribution >= 0.6 is 11.6 Å². The topological polar surface area (TPSA) is 26.3 Å². The van der Waals surface area contributed by atoms with E-state index >= 15 is 0 Å². The third-order valence-electron chi connectivity index (χ3n) is 2.59. The fourth-order valence-corrected chi connectivity index (χ4v) is 1.94. The van der Waals surface area contributed by atoms with Gasteiger partial charge in [-0.15, -0.1) is 0 Å². The molecule has 0 heterocycles. The van der Waals surface area contributed by atoms with Gasteiger partial charge in [-0.3, -0.25) is 0 Å². The van der Waals surface area contributed by atoms with Crippen LogP contribution in [0.2, 0.25) is 5.02 Å². The first-order valence-corrected chi connectivity index (χ1v) is 6.19. The van der Waals surface area contributed by atoms with Crippen molar-refractivity contribution in [2.45, 2.75) is 6.92 Å². The Hall–Kier alpha value is -2.06. The Morgan fingerprint density at radius 1 is 1.11 bits per heavy atom. The Balaban J connectivity index is 2.48. The average molecular weight is 273 g/mol. The predicted molar refractivity (Wildman–Crippen MR) is 77.3 cm³/mol. The number of hydrogen-bond donors (Lipinski definition) is 0. The van der Waals surface area contributed by atoms with E-state index < -0.39 is 5.97 Å². The molecule has 2 rings (SSSR count). The van der Waals surface area contributed by atoms with Crippen molar-refractivity contribution in [3.05, 3.63) is 65.7 Å². The molecule has 0 saturated carbocycles. The van der Waals surface area contributed by atoms with Gasteiger partial charge in [-0.25, -0.2) is 4.79 Å². The summed E-state index contributed by atoms with van der Waals surface area (Å²) in [5.41, 5.74) is 1.95. The van der Waals surface area contributed by atoms with Crippen molar-refractivity contribution < 1.29 is 9.53 Å². The highest BCUT2D eigenvalue weighted by molar-refractivity contribution is 6.33. The summed E-state index contributed by atoms with van der Waals surface area (Å²) < 4.78 is 5.32. The molecule has 2 aromatic rings. The van der Waals surface area contributed by atoms with Gasteiger partial charge in [0.15, 0.2) is 0 Å². The number of ether oxygens (including phenoxy) is 1. The molecule has 96 valence electrons. The first-order valence-electron chi connectivity index (χ1n) is 5.81. The highest BCUT2D eigenvalue weighted by Gasteiger charge is 2.14. The molecule has 2 nitrogen and oxygen atoms in total. The molecule has 3 heteroatoms. The lowest BCUT2D eigenvalue weighted by atomic mass is 10.0. The second-order valence-electron chi connectivity index (χ2n) is 4.15. The largest absolute Gasteiger partial charge is 0.422 e. The van der Waals surface area contributed by atoms with Crippen molar-refractivity contribution in [1.82, 2.24) is 0 Å². The molecule has 0 unspecified atom stereocenters. The number of esters is 1. The third-order valence-corrected chi connectivity index (χ3v) is 2.90. The molecule has 0 aliphatic rings. The second kappa shape index (κ2) is 5.72. The first kappa shape index (κ1) is 13.4. The molecule has 0 radical (unpaired) electrons. The standard InChI is InChI=1S/C16H13ClO2/c1-11(2)16(18)19-14-10-6-9-13(17)15(14)12-7-4-3-5-8-12/h3-10H,1H2,2H3. The molecule has 2 aromatic carbocycles. The van der Waals surface area contributed by atoms with Crippen LogP contribution in [0.5, 0.6) is 5.75 Å². The van der Waals surface area contributed by atoms with Crippen molar-refractivity contribution in [3.63, 3.8) is 0 Å². The molecule has 0 N–H and O–H groups in total. The zero-order chi connectivity index (χ0) is 13.8. The van der Waals surface area contributed by atoms with Crippen molar-refractivity contribution >= 4 is 17.6 Å². The van der Waals surface area contributed by atoms with Gasteiger partial charge in [-0.1, -0.05) is 54.6 Å². The van der Waals surface area contributed by atoms with Crippen LogP contribution in [0.3, 0.4) is 0 Å². The summed E-state index contributed by atoms with van der Waals surface area (Å²) in [4.78, 5) is 11.6. The van der Waals surface area contributed by atoms with E-state index in [-0.39, 0.29) is 0 Å². The van der Waals surface area contributed by atoms with E-state index in [1.165, 1.54) is 0 Å². The molecule has 0 bridgehead atoms. The molecule has 0 atom stereocenters. The lowest BCUT2D eigenvalue weighted by Crippen LogP contribution is -2.09. The molecule has 0 amide bonds. The molecular weight excluding hydrogens is 260 g/mol. The summed E-state index contributed by atoms with van der Waals surface area (Å²) in [7, 11) is 0. The van der Waals surface area contributed by atoms with Gasteiger partial charge in [-0.05, 0) is 24.6 Å². The molecule has 0 fully saturated rings. The van der Waals surface area contributed by atoms with E-state index in [0.717, 1.165) is 5.56 Å². The van der Waals surface area contributed by atoms with E-state index in [1.54, 1.807) is 25.1 Å². The van der Waals surface area contributed by atoms with Gasteiger partial charge in [0.2, 0.25) is 0 Å². The fraction of sp³-hybridized carbons (Fsp3) is 0.0625. The van der Waals surface area contributed by atoms with Crippen molar-refractivity contribution in [2.75, 3.05) is 0 Å². The summed E-state index contributed by atoms with van der Waals surface area (Å²) in [6, 6.07) is 14.8. The molecule has 0 saturated heterocycles. The van der Waals surface area contributed by atoms with E-state index in [0.29, 0.717) is 21.9 Å². The Morgan fingerprint density at radius 2 is 1.79 bits per heavy atom. The van der Waals surface area contributed by atoms with Gasteiger partial charge in [0, 0.05) is 11.1 Å². The maximum absolute atomic E-state index is 11.6. The Bertz CT molecular complexity index is 618. The number of carbonyl (C=O) groups is 1. The van der Waals surface area contributed by atoms with Gasteiger partial charge >= 0.3 is 5.97 Å². The normalized spacial score (nSPS) is 10.0. The second-order valence-corrected chi connectivity index (χ2v) is 4.56. The summed E-state index contributed by atoms with van der Waals surface area (Å²) in [5.74, 6) is -0.0221. The third kappa shape index (κ3) is 3.04. The van der Waals surface area contributed by atoms with Crippen LogP contribution in [0.4, 0.5) is 0 Å². The summed E-state index contributed by atoms with van der Waals surface area (Å²) in [6.45, 7) is 5.17. The SMILES string of the molecule is C=C(C)C(=O)Oc1cccc(Cl)c1-c1ccccc1. The molecule has 0 aromatic heterocycles. The van der Waals surface area contributed by atoms with Gasteiger partial charge in [0.25, 0.3) is 0 Å². The Kier molecular flexibility index (Phi) is 4.03. The first-order chi connectivity index (χ1) is 9.09. The van der Waals surface area contributed by atoms with Crippen LogP contribution in [0, 0.1) is 0 Å². The van der Waals surface area contributed by atoms with E-state index in [9.17, 15) is 4.79 Å². The fourth-order valence-electron chi connectivity index (χ4n) is 1.66. The molecule has 19 heavy (non-hydrogen) atoms. The highest BCUT2D eigenvalue weighted by atomic mass is 35.5. The predicted octanol–water partition coefficient (Wildman–Crippen LogP) is 4.49. The number of hydrogen-bond acceptors (Lipinski definition) is 2. The minimum atomic E-state index is -0.459. The maximum atomic E-state index is 11.6. The Labute approximate surface area is 117 Å². The lowest BCUT2D eigenvalue weighted by Gasteiger charge is -2.11. The molecule has 0 aliphatic heterocycles. The number of rotatable bonds is 3. The van der Waals surface area contributed by atoms with Gasteiger partial charge in [-0.2, -0.15) is 0 Å². The zero-order valence-corrected chi connectivity index (χ0v) is 11.3. The van der Waals surface area contributed by atoms with Crippen LogP contribution in [-0.4, -0.2) is 5.97 Å². The number of carbonyl (C=O) groups excluding carboxylic acids is 1. The molecular formula is C16H13ClO2. The summed E-state index contributed by atoms with van der Waals surface area (Å²) in [5, 5.41) is 0.540. The van der Waals surface area contributed by atoms with Crippen LogP contribution in [0.1, 0.15) is 6.92 Å². The Morgan fingerprint density at radius 3 is 2.42 bits per heavy atom. The smallest absolute Gasteiger partial charge is 0.338 e. The van der Waals surface area contributed by atoms with Crippen molar-refractivity contribution in [2.24, 2.45) is 0 Å². The highest BCUT2D eigenvalue weighted by Crippen LogP contribution is 2.36. The van der Waals surface area contributed by atoms with Crippen LogP contribution in [-0.2, 0) is 4.79 Å².